The van der Waals surface area contributed by atoms with Crippen molar-refractivity contribution in [2.24, 2.45) is 5.92 Å². The van der Waals surface area contributed by atoms with E-state index in [1.165, 1.54) is 30.7 Å². The predicted octanol–water partition coefficient (Wildman–Crippen LogP) is 3.80. The largest absolute Gasteiger partial charge is 0.299 e. The molecule has 1 atom stereocenters. The molecule has 0 aliphatic carbocycles. The molecule has 1 nitrogen and oxygen atoms in total. The highest BCUT2D eigenvalue weighted by atomic mass is 15.1. The molecule has 0 spiro atoms. The Balaban J connectivity index is 2.60. The molecule has 1 fully saturated rings. The van der Waals surface area contributed by atoms with Crippen LogP contribution in [-0.2, 0) is 0 Å². The Hall–Kier alpha value is -0.820. The quantitative estimate of drug-likeness (QED) is 0.650. The van der Waals surface area contributed by atoms with Gasteiger partial charge < -0.3 is 0 Å². The fourth-order valence-electron chi connectivity index (χ4n) is 2.03. The van der Waals surface area contributed by atoms with E-state index in [9.17, 15) is 0 Å². The normalized spacial score (nSPS) is 21.6. The molecule has 0 saturated carbocycles. The van der Waals surface area contributed by atoms with Crippen molar-refractivity contribution in [3.63, 3.8) is 0 Å². The lowest BCUT2D eigenvalue weighted by Gasteiger charge is -2.17. The van der Waals surface area contributed by atoms with E-state index in [1.807, 2.05) is 6.92 Å². The summed E-state index contributed by atoms with van der Waals surface area (Å²) < 4.78 is 0. The number of rotatable bonds is 4. The van der Waals surface area contributed by atoms with Crippen molar-refractivity contribution in [3.05, 3.63) is 35.5 Å². The molecule has 0 amide bonds. The summed E-state index contributed by atoms with van der Waals surface area (Å²) in [6, 6.07) is 0. The highest BCUT2D eigenvalue weighted by molar-refractivity contribution is 5.29. The predicted molar refractivity (Wildman–Crippen MR) is 72.5 cm³/mol. The Labute approximate surface area is 101 Å². The molecular weight excluding hydrogens is 194 g/mol. The first-order valence-corrected chi connectivity index (χ1v) is 6.21. The molecule has 0 bridgehead atoms. The summed E-state index contributed by atoms with van der Waals surface area (Å²) in [7, 11) is 0. The van der Waals surface area contributed by atoms with Gasteiger partial charge in [0.25, 0.3) is 0 Å². The van der Waals surface area contributed by atoms with Crippen molar-refractivity contribution in [2.75, 3.05) is 19.6 Å². The lowest BCUT2D eigenvalue weighted by Crippen LogP contribution is -2.22. The number of allylic oxidation sites excluding steroid dienone is 3. The minimum atomic E-state index is 0.864. The van der Waals surface area contributed by atoms with Crippen LogP contribution < -0.4 is 0 Å². The standard InChI is InChI=1S/C15H25N/c1-12(2)6-7-15(13(3)4)11-16-9-8-14(5)10-16/h6-7,14H,1,8-11H2,2-5H3/b7-6-/t14-/m1/s1. The van der Waals surface area contributed by atoms with Gasteiger partial charge in [-0.1, -0.05) is 36.8 Å². The molecule has 0 aromatic rings. The van der Waals surface area contributed by atoms with E-state index >= 15 is 0 Å². The summed E-state index contributed by atoms with van der Waals surface area (Å²) in [6.07, 6.45) is 5.68. The Morgan fingerprint density at radius 1 is 1.31 bits per heavy atom. The highest BCUT2D eigenvalue weighted by Crippen LogP contribution is 2.18. The van der Waals surface area contributed by atoms with Crippen LogP contribution in [0.5, 0.6) is 0 Å². The van der Waals surface area contributed by atoms with Crippen LogP contribution in [0.1, 0.15) is 34.1 Å². The molecule has 1 aliphatic rings. The van der Waals surface area contributed by atoms with E-state index in [0.29, 0.717) is 0 Å². The van der Waals surface area contributed by atoms with Crippen LogP contribution in [0.2, 0.25) is 0 Å². The lowest BCUT2D eigenvalue weighted by atomic mass is 10.1. The Morgan fingerprint density at radius 2 is 2.00 bits per heavy atom. The zero-order valence-electron chi connectivity index (χ0n) is 11.2. The number of nitrogens with zero attached hydrogens (tertiary/aromatic N) is 1. The first-order valence-electron chi connectivity index (χ1n) is 6.21. The molecule has 1 heteroatoms. The van der Waals surface area contributed by atoms with Crippen LogP contribution >= 0.6 is 0 Å². The molecule has 0 N–H and O–H groups in total. The third-order valence-electron chi connectivity index (χ3n) is 3.11. The van der Waals surface area contributed by atoms with Crippen LogP contribution in [0.25, 0.3) is 0 Å². The van der Waals surface area contributed by atoms with E-state index in [4.69, 9.17) is 0 Å². The van der Waals surface area contributed by atoms with E-state index in [-0.39, 0.29) is 0 Å². The van der Waals surface area contributed by atoms with Crippen LogP contribution in [0, 0.1) is 5.92 Å². The average Bonchev–Trinajstić information content (AvgIpc) is 2.57. The van der Waals surface area contributed by atoms with Gasteiger partial charge in [-0.05, 0) is 45.2 Å². The SMILES string of the molecule is C=C(C)/C=C\C(CN1CC[C@@H](C)C1)=C(C)C. The summed E-state index contributed by atoms with van der Waals surface area (Å²) in [6.45, 7) is 16.3. The Kier molecular flexibility index (Phi) is 5.01. The first-order chi connectivity index (χ1) is 7.49. The van der Waals surface area contributed by atoms with Gasteiger partial charge in [-0.15, -0.1) is 0 Å². The smallest absolute Gasteiger partial charge is 0.0233 e. The minimum Gasteiger partial charge on any atom is -0.299 e. The van der Waals surface area contributed by atoms with Crippen LogP contribution in [0.3, 0.4) is 0 Å². The zero-order valence-corrected chi connectivity index (χ0v) is 11.2. The van der Waals surface area contributed by atoms with Gasteiger partial charge in [-0.2, -0.15) is 0 Å². The van der Waals surface area contributed by atoms with Gasteiger partial charge in [0, 0.05) is 13.1 Å². The van der Waals surface area contributed by atoms with Crippen molar-refractivity contribution >= 4 is 0 Å². The maximum absolute atomic E-state index is 3.91. The molecule has 0 aromatic carbocycles. The second-order valence-corrected chi connectivity index (χ2v) is 5.33. The van der Waals surface area contributed by atoms with Gasteiger partial charge in [0.1, 0.15) is 0 Å². The average molecular weight is 219 g/mol. The van der Waals surface area contributed by atoms with Gasteiger partial charge in [0.05, 0.1) is 0 Å². The summed E-state index contributed by atoms with van der Waals surface area (Å²) in [5, 5.41) is 0. The van der Waals surface area contributed by atoms with Crippen molar-refractivity contribution in [1.82, 2.24) is 4.90 Å². The fourth-order valence-corrected chi connectivity index (χ4v) is 2.03. The number of hydrogen-bond acceptors (Lipinski definition) is 1. The summed E-state index contributed by atoms with van der Waals surface area (Å²) >= 11 is 0. The fraction of sp³-hybridized carbons (Fsp3) is 0.600. The molecular formula is C15H25N. The molecule has 16 heavy (non-hydrogen) atoms. The molecule has 90 valence electrons. The molecule has 0 radical (unpaired) electrons. The van der Waals surface area contributed by atoms with E-state index in [2.05, 4.69) is 44.4 Å². The van der Waals surface area contributed by atoms with Crippen molar-refractivity contribution in [2.45, 2.75) is 34.1 Å². The van der Waals surface area contributed by atoms with Gasteiger partial charge in [0.2, 0.25) is 0 Å². The van der Waals surface area contributed by atoms with Gasteiger partial charge in [-0.25, -0.2) is 0 Å². The summed E-state index contributed by atoms with van der Waals surface area (Å²) in [4.78, 5) is 2.55. The molecule has 1 rings (SSSR count). The third kappa shape index (κ3) is 4.36. The second kappa shape index (κ2) is 6.05. The van der Waals surface area contributed by atoms with Crippen molar-refractivity contribution in [3.8, 4) is 0 Å². The Morgan fingerprint density at radius 3 is 2.44 bits per heavy atom. The van der Waals surface area contributed by atoms with Crippen LogP contribution in [0.4, 0.5) is 0 Å². The van der Waals surface area contributed by atoms with Crippen molar-refractivity contribution < 1.29 is 0 Å². The first kappa shape index (κ1) is 13.2. The maximum Gasteiger partial charge on any atom is 0.0233 e. The van der Waals surface area contributed by atoms with Gasteiger partial charge in [0.15, 0.2) is 0 Å². The Bertz CT molecular complexity index is 305. The van der Waals surface area contributed by atoms with Gasteiger partial charge in [-0.3, -0.25) is 4.90 Å². The van der Waals surface area contributed by atoms with E-state index < -0.39 is 0 Å². The minimum absolute atomic E-state index is 0.864. The summed E-state index contributed by atoms with van der Waals surface area (Å²) in [5.74, 6) is 0.864. The van der Waals surface area contributed by atoms with Crippen LogP contribution in [-0.4, -0.2) is 24.5 Å². The molecule has 0 unspecified atom stereocenters. The van der Waals surface area contributed by atoms with E-state index in [0.717, 1.165) is 18.0 Å². The molecule has 1 aliphatic heterocycles. The highest BCUT2D eigenvalue weighted by Gasteiger charge is 2.18. The maximum atomic E-state index is 3.91. The second-order valence-electron chi connectivity index (χ2n) is 5.33. The zero-order chi connectivity index (χ0) is 12.1. The third-order valence-corrected chi connectivity index (χ3v) is 3.11. The summed E-state index contributed by atoms with van der Waals surface area (Å²) in [5.41, 5.74) is 3.97. The van der Waals surface area contributed by atoms with E-state index in [1.54, 1.807) is 0 Å². The number of likely N-dealkylation sites (tertiary alicyclic amines) is 1. The molecule has 1 saturated heterocycles. The topological polar surface area (TPSA) is 3.24 Å². The monoisotopic (exact) mass is 219 g/mol. The number of hydrogen-bond donors (Lipinski definition) is 0. The lowest BCUT2D eigenvalue weighted by molar-refractivity contribution is 0.357. The van der Waals surface area contributed by atoms with Crippen molar-refractivity contribution in [1.29, 1.82) is 0 Å². The molecule has 1 heterocycles. The van der Waals surface area contributed by atoms with Crippen LogP contribution in [0.15, 0.2) is 35.5 Å². The molecule has 0 aromatic heterocycles. The van der Waals surface area contributed by atoms with Gasteiger partial charge >= 0.3 is 0 Å².